The van der Waals surface area contributed by atoms with Crippen molar-refractivity contribution in [2.24, 2.45) is 0 Å². The van der Waals surface area contributed by atoms with Gasteiger partial charge in [-0.3, -0.25) is 4.79 Å². The Balaban J connectivity index is 0. The molecule has 2 N–H and O–H groups in total. The number of aliphatic carboxylic acids is 1. The molecule has 0 aliphatic heterocycles. The Labute approximate surface area is 106 Å². The molecule has 0 rings (SSSR count). The van der Waals surface area contributed by atoms with Gasteiger partial charge in [-0.05, 0) is 13.3 Å². The first-order chi connectivity index (χ1) is 8.18. The van der Waals surface area contributed by atoms with E-state index < -0.39 is 5.97 Å². The largest absolute Gasteiger partial charge is 0.481 e. The van der Waals surface area contributed by atoms with Crippen molar-refractivity contribution in [2.75, 3.05) is 6.61 Å². The average molecular weight is 246 g/mol. The van der Waals surface area contributed by atoms with Gasteiger partial charge in [-0.2, -0.15) is 0 Å². The molecule has 0 saturated carbocycles. The Morgan fingerprint density at radius 1 is 0.824 bits per heavy atom. The maximum Gasteiger partial charge on any atom is 0.303 e. The highest BCUT2D eigenvalue weighted by Gasteiger charge is 1.96. The van der Waals surface area contributed by atoms with Crippen LogP contribution in [0.4, 0.5) is 0 Å². The van der Waals surface area contributed by atoms with Crippen molar-refractivity contribution in [3.05, 3.63) is 0 Å². The molecule has 104 valence electrons. The first kappa shape index (κ1) is 18.8. The molecule has 0 heterocycles. The summed E-state index contributed by atoms with van der Waals surface area (Å²) in [5.74, 6) is -0.659. The molecule has 0 aliphatic rings. The molecule has 17 heavy (non-hydrogen) atoms. The number of unbranched alkanes of at least 4 members (excludes halogenated alkanes) is 8. The van der Waals surface area contributed by atoms with Gasteiger partial charge >= 0.3 is 5.97 Å². The highest BCUT2D eigenvalue weighted by molar-refractivity contribution is 5.66. The van der Waals surface area contributed by atoms with Gasteiger partial charge in [-0.15, -0.1) is 0 Å². The van der Waals surface area contributed by atoms with Gasteiger partial charge < -0.3 is 10.2 Å². The SMILES string of the molecule is CCCCCCCCCCCC(=O)O.CCO. The normalized spacial score (nSPS) is 9.59. The Bertz CT molecular complexity index is 146. The summed E-state index contributed by atoms with van der Waals surface area (Å²) >= 11 is 0. The lowest BCUT2D eigenvalue weighted by Crippen LogP contribution is -1.93. The lowest BCUT2D eigenvalue weighted by atomic mass is 10.1. The van der Waals surface area contributed by atoms with Crippen LogP contribution in [-0.2, 0) is 4.79 Å². The highest BCUT2D eigenvalue weighted by atomic mass is 16.4. The fraction of sp³-hybridized carbons (Fsp3) is 0.929. The summed E-state index contributed by atoms with van der Waals surface area (Å²) in [7, 11) is 0. The van der Waals surface area contributed by atoms with Crippen LogP contribution in [0.3, 0.4) is 0 Å². The third-order valence-corrected chi connectivity index (χ3v) is 2.49. The van der Waals surface area contributed by atoms with E-state index in [1.54, 1.807) is 6.92 Å². The maximum atomic E-state index is 10.2. The topological polar surface area (TPSA) is 57.5 Å². The van der Waals surface area contributed by atoms with Gasteiger partial charge in [-0.1, -0.05) is 58.3 Å². The zero-order valence-electron chi connectivity index (χ0n) is 11.6. The van der Waals surface area contributed by atoms with Crippen LogP contribution in [0.25, 0.3) is 0 Å². The molecular weight excluding hydrogens is 216 g/mol. The van der Waals surface area contributed by atoms with Crippen LogP contribution in [-0.4, -0.2) is 22.8 Å². The van der Waals surface area contributed by atoms with Gasteiger partial charge in [0.05, 0.1) is 0 Å². The number of carboxylic acid groups (broad SMARTS) is 1. The Kier molecular flexibility index (Phi) is 19.7. The van der Waals surface area contributed by atoms with E-state index in [-0.39, 0.29) is 6.61 Å². The number of carbonyl (C=O) groups is 1. The second-order valence-electron chi connectivity index (χ2n) is 4.29. The quantitative estimate of drug-likeness (QED) is 0.573. The number of aliphatic hydroxyl groups is 1. The predicted molar refractivity (Wildman–Crippen MR) is 72.2 cm³/mol. The number of hydrogen-bond donors (Lipinski definition) is 2. The Hall–Kier alpha value is -0.570. The molecular formula is C14H30O3. The van der Waals surface area contributed by atoms with Gasteiger partial charge in [0.1, 0.15) is 0 Å². The van der Waals surface area contributed by atoms with Gasteiger partial charge in [-0.25, -0.2) is 0 Å². The number of hydrogen-bond acceptors (Lipinski definition) is 2. The van der Waals surface area contributed by atoms with E-state index in [0.717, 1.165) is 12.8 Å². The minimum absolute atomic E-state index is 0.250. The first-order valence-electron chi connectivity index (χ1n) is 7.01. The molecule has 0 saturated heterocycles. The lowest BCUT2D eigenvalue weighted by Gasteiger charge is -2.00. The van der Waals surface area contributed by atoms with E-state index in [2.05, 4.69) is 6.92 Å². The fourth-order valence-corrected chi connectivity index (χ4v) is 1.59. The van der Waals surface area contributed by atoms with Crippen molar-refractivity contribution in [3.8, 4) is 0 Å². The van der Waals surface area contributed by atoms with E-state index in [1.807, 2.05) is 0 Å². The fourth-order valence-electron chi connectivity index (χ4n) is 1.59. The third kappa shape index (κ3) is 25.6. The summed E-state index contributed by atoms with van der Waals surface area (Å²) in [6, 6.07) is 0. The summed E-state index contributed by atoms with van der Waals surface area (Å²) in [5, 5.41) is 16.0. The minimum Gasteiger partial charge on any atom is -0.481 e. The molecule has 0 bridgehead atoms. The zero-order valence-corrected chi connectivity index (χ0v) is 11.6. The van der Waals surface area contributed by atoms with E-state index in [4.69, 9.17) is 10.2 Å². The predicted octanol–water partition coefficient (Wildman–Crippen LogP) is 3.99. The molecule has 0 aromatic rings. The summed E-state index contributed by atoms with van der Waals surface area (Å²) in [4.78, 5) is 10.2. The summed E-state index contributed by atoms with van der Waals surface area (Å²) in [6.07, 6.45) is 11.5. The molecule has 0 atom stereocenters. The standard InChI is InChI=1S/C12H24O2.C2H6O/c1-2-3-4-5-6-7-8-9-10-11-12(13)14;1-2-3/h2-11H2,1H3,(H,13,14);3H,2H2,1H3. The molecule has 0 aromatic heterocycles. The van der Waals surface area contributed by atoms with Crippen LogP contribution in [0.2, 0.25) is 0 Å². The van der Waals surface area contributed by atoms with Crippen molar-refractivity contribution >= 4 is 5.97 Å². The maximum absolute atomic E-state index is 10.2. The Morgan fingerprint density at radius 3 is 1.53 bits per heavy atom. The van der Waals surface area contributed by atoms with Gasteiger partial charge in [0, 0.05) is 13.0 Å². The van der Waals surface area contributed by atoms with Crippen LogP contribution >= 0.6 is 0 Å². The van der Waals surface area contributed by atoms with Crippen LogP contribution in [0.15, 0.2) is 0 Å². The van der Waals surface area contributed by atoms with E-state index in [0.29, 0.717) is 6.42 Å². The molecule has 0 fully saturated rings. The number of carboxylic acids is 1. The molecule has 0 radical (unpaired) electrons. The minimum atomic E-state index is -0.659. The third-order valence-electron chi connectivity index (χ3n) is 2.49. The molecule has 3 nitrogen and oxygen atoms in total. The summed E-state index contributed by atoms with van der Waals surface area (Å²) in [6.45, 7) is 4.16. The van der Waals surface area contributed by atoms with Crippen LogP contribution in [0, 0.1) is 0 Å². The molecule has 3 heteroatoms. The van der Waals surface area contributed by atoms with Crippen LogP contribution < -0.4 is 0 Å². The summed E-state index contributed by atoms with van der Waals surface area (Å²) in [5.41, 5.74) is 0. The first-order valence-corrected chi connectivity index (χ1v) is 7.01. The van der Waals surface area contributed by atoms with Crippen molar-refractivity contribution in [1.29, 1.82) is 0 Å². The van der Waals surface area contributed by atoms with E-state index in [9.17, 15) is 4.79 Å². The van der Waals surface area contributed by atoms with Crippen molar-refractivity contribution in [2.45, 2.75) is 78.1 Å². The highest BCUT2D eigenvalue weighted by Crippen LogP contribution is 2.10. The smallest absolute Gasteiger partial charge is 0.303 e. The molecule has 0 amide bonds. The van der Waals surface area contributed by atoms with E-state index in [1.165, 1.54) is 44.9 Å². The van der Waals surface area contributed by atoms with Crippen molar-refractivity contribution in [1.82, 2.24) is 0 Å². The van der Waals surface area contributed by atoms with Gasteiger partial charge in [0.15, 0.2) is 0 Å². The van der Waals surface area contributed by atoms with Gasteiger partial charge in [0.25, 0.3) is 0 Å². The van der Waals surface area contributed by atoms with Gasteiger partial charge in [0.2, 0.25) is 0 Å². The van der Waals surface area contributed by atoms with Crippen molar-refractivity contribution < 1.29 is 15.0 Å². The van der Waals surface area contributed by atoms with Crippen LogP contribution in [0.1, 0.15) is 78.1 Å². The second-order valence-corrected chi connectivity index (χ2v) is 4.29. The van der Waals surface area contributed by atoms with Crippen LogP contribution in [0.5, 0.6) is 0 Å². The van der Waals surface area contributed by atoms with E-state index >= 15 is 0 Å². The number of rotatable bonds is 10. The zero-order chi connectivity index (χ0) is 13.4. The monoisotopic (exact) mass is 246 g/mol. The molecule has 0 aliphatic carbocycles. The second kappa shape index (κ2) is 17.8. The number of aliphatic hydroxyl groups excluding tert-OH is 1. The molecule has 0 unspecified atom stereocenters. The lowest BCUT2D eigenvalue weighted by molar-refractivity contribution is -0.137. The molecule has 0 spiro atoms. The van der Waals surface area contributed by atoms with Crippen molar-refractivity contribution in [3.63, 3.8) is 0 Å². The summed E-state index contributed by atoms with van der Waals surface area (Å²) < 4.78 is 0. The molecule has 0 aromatic carbocycles. The Morgan fingerprint density at radius 2 is 1.18 bits per heavy atom. The average Bonchev–Trinajstić information content (AvgIpc) is 2.27.